The fraction of sp³-hybridized carbons (Fsp3) is 0. The number of hydrogen-bond donors (Lipinski definition) is 0. The predicted octanol–water partition coefficient (Wildman–Crippen LogP) is -2.16. The van der Waals surface area contributed by atoms with Gasteiger partial charge in [-0.15, -0.1) is 0 Å². The predicted molar refractivity (Wildman–Crippen MR) is 26.7 cm³/mol. The Labute approximate surface area is 48.9 Å². The van der Waals surface area contributed by atoms with E-state index < -0.39 is 0 Å². The summed E-state index contributed by atoms with van der Waals surface area (Å²) >= 11 is 0. The molecule has 0 atom stereocenters. The molecular formula is N2Si4. The Morgan fingerprint density at radius 3 is 1.33 bits per heavy atom. The Hall–Kier alpha value is 0.788. The molecule has 1 aliphatic rings. The van der Waals surface area contributed by atoms with Gasteiger partial charge < -0.3 is 7.79 Å². The van der Waals surface area contributed by atoms with Gasteiger partial charge in [0.05, 0.1) is 0 Å². The van der Waals surface area contributed by atoms with Crippen molar-refractivity contribution >= 4 is 40.5 Å². The molecular weight excluding hydrogens is 140 g/mol. The minimum absolute atomic E-state index is 0.775. The van der Waals surface area contributed by atoms with Gasteiger partial charge in [0.15, 0.2) is 0 Å². The Morgan fingerprint density at radius 1 is 1.00 bits per heavy atom. The molecule has 0 aromatic carbocycles. The van der Waals surface area contributed by atoms with Crippen molar-refractivity contribution in [3.05, 3.63) is 0 Å². The van der Waals surface area contributed by atoms with Gasteiger partial charge in [0.2, 0.25) is 19.7 Å². The summed E-state index contributed by atoms with van der Waals surface area (Å²) in [5, 5.41) is 0. The highest BCUT2D eigenvalue weighted by Crippen LogP contribution is 1.89. The van der Waals surface area contributed by atoms with Crippen LogP contribution in [0.4, 0.5) is 0 Å². The van der Waals surface area contributed by atoms with Crippen molar-refractivity contribution in [1.29, 1.82) is 0 Å². The van der Waals surface area contributed by atoms with E-state index in [1.165, 1.54) is 0 Å². The van der Waals surface area contributed by atoms with E-state index in [0.717, 1.165) is 19.7 Å². The Bertz CT molecular complexity index is 41.5. The van der Waals surface area contributed by atoms with Crippen molar-refractivity contribution < 1.29 is 0 Å². The number of rotatable bonds is 0. The first-order chi connectivity index (χ1) is 2.79. The molecule has 1 saturated heterocycles. The molecule has 1 rings (SSSR count). The largest absolute Gasteiger partial charge is 0.350 e. The van der Waals surface area contributed by atoms with E-state index in [-0.39, 0.29) is 0 Å². The van der Waals surface area contributed by atoms with Gasteiger partial charge in [-0.3, -0.25) is 0 Å². The molecule has 1 fully saturated rings. The quantitative estimate of drug-likeness (QED) is 0.354. The first kappa shape index (κ1) is 4.93. The third-order valence-electron chi connectivity index (χ3n) is 0.400. The first-order valence-electron chi connectivity index (χ1n) is 1.34. The van der Waals surface area contributed by atoms with Crippen LogP contribution >= 0.6 is 0 Å². The molecule has 0 aromatic heterocycles. The summed E-state index contributed by atoms with van der Waals surface area (Å²) in [6.45, 7) is 0. The van der Waals surface area contributed by atoms with E-state index in [4.69, 9.17) is 0 Å². The van der Waals surface area contributed by atoms with Crippen LogP contribution in [0.5, 0.6) is 0 Å². The van der Waals surface area contributed by atoms with Gasteiger partial charge in [-0.1, -0.05) is 0 Å². The maximum atomic E-state index is 3.33. The molecule has 0 spiro atoms. The summed E-state index contributed by atoms with van der Waals surface area (Å²) in [7, 11) is 8.21. The summed E-state index contributed by atoms with van der Waals surface area (Å²) in [6.07, 6.45) is 0. The molecule has 1 heterocycles. The molecule has 0 aromatic rings. The van der Waals surface area contributed by atoms with Gasteiger partial charge in [-0.05, 0) is 0 Å². The van der Waals surface area contributed by atoms with Gasteiger partial charge in [-0.2, -0.15) is 0 Å². The van der Waals surface area contributed by atoms with Gasteiger partial charge in [0.25, 0.3) is 0 Å². The van der Waals surface area contributed by atoms with E-state index in [1.54, 1.807) is 0 Å². The molecule has 0 amide bonds. The van der Waals surface area contributed by atoms with Crippen molar-refractivity contribution in [1.82, 2.24) is 7.79 Å². The molecule has 6 heteroatoms. The minimum Gasteiger partial charge on any atom is -0.350 e. The topological polar surface area (TPSA) is 6.48 Å². The van der Waals surface area contributed by atoms with Crippen LogP contribution in [0.1, 0.15) is 0 Å². The summed E-state index contributed by atoms with van der Waals surface area (Å²) in [4.78, 5) is 0. The molecule has 0 N–H and O–H groups in total. The zero-order valence-electron chi connectivity index (χ0n) is 2.89. The Balaban J connectivity index is 2.11. The molecule has 0 saturated carbocycles. The van der Waals surface area contributed by atoms with Crippen LogP contribution in [-0.4, -0.2) is 48.3 Å². The van der Waals surface area contributed by atoms with Crippen LogP contribution < -0.4 is 0 Å². The van der Waals surface area contributed by atoms with Crippen LogP contribution in [0.25, 0.3) is 0 Å². The first-order valence-corrected chi connectivity index (χ1v) is 4.02. The average molecular weight is 140 g/mol. The van der Waals surface area contributed by atoms with Crippen LogP contribution in [-0.2, 0) is 0 Å². The maximum absolute atomic E-state index is 3.33. The minimum atomic E-state index is 0.775. The van der Waals surface area contributed by atoms with Crippen LogP contribution in [0.3, 0.4) is 0 Å². The summed E-state index contributed by atoms with van der Waals surface area (Å²) in [6, 6.07) is 0. The highest BCUT2D eigenvalue weighted by Gasteiger charge is 2.18. The Kier molecular flexibility index (Phi) is 1.41. The monoisotopic (exact) mass is 140 g/mol. The molecule has 6 heavy (non-hydrogen) atoms. The highest BCUT2D eigenvalue weighted by atomic mass is 28.4. The molecule has 0 unspecified atom stereocenters. The summed E-state index contributed by atoms with van der Waals surface area (Å²) < 4.78 is 4.12. The van der Waals surface area contributed by atoms with Crippen LogP contribution in [0.15, 0.2) is 0 Å². The van der Waals surface area contributed by atoms with Gasteiger partial charge in [0, 0.05) is 0 Å². The zero-order valence-corrected chi connectivity index (χ0v) is 6.89. The second kappa shape index (κ2) is 1.72. The zero-order chi connectivity index (χ0) is 4.57. The lowest BCUT2D eigenvalue weighted by Crippen LogP contribution is -2.58. The highest BCUT2D eigenvalue weighted by molar-refractivity contribution is 6.77. The summed E-state index contributed by atoms with van der Waals surface area (Å²) in [5.74, 6) is 0. The second-order valence-electron chi connectivity index (χ2n) is 0.871. The van der Waals surface area contributed by atoms with E-state index in [9.17, 15) is 0 Å². The smallest absolute Gasteiger partial charge is 0.221 e. The van der Waals surface area contributed by atoms with Crippen molar-refractivity contribution in [3.8, 4) is 0 Å². The standard InChI is InChI=1S/N2Si4/c3-1-5-2(4)6-1. The van der Waals surface area contributed by atoms with Crippen molar-refractivity contribution in [2.24, 2.45) is 0 Å². The van der Waals surface area contributed by atoms with Crippen molar-refractivity contribution in [2.75, 3.05) is 0 Å². The van der Waals surface area contributed by atoms with E-state index in [1.807, 2.05) is 0 Å². The molecule has 1 aliphatic heterocycles. The van der Waals surface area contributed by atoms with Gasteiger partial charge in [0.1, 0.15) is 20.8 Å². The van der Waals surface area contributed by atoms with Gasteiger partial charge in [-0.25, -0.2) is 0 Å². The lowest BCUT2D eigenvalue weighted by atomic mass is 13.7. The number of nitrogens with zero attached hydrogens (tertiary/aromatic N) is 2. The number of hydrogen-bond acceptors (Lipinski definition) is 2. The molecule has 2 nitrogen and oxygen atoms in total. The van der Waals surface area contributed by atoms with E-state index in [0.29, 0.717) is 0 Å². The fourth-order valence-corrected chi connectivity index (χ4v) is 4.50. The lowest BCUT2D eigenvalue weighted by molar-refractivity contribution is 0.826. The van der Waals surface area contributed by atoms with Crippen molar-refractivity contribution in [3.63, 3.8) is 0 Å². The van der Waals surface area contributed by atoms with Crippen LogP contribution in [0, 0.1) is 0 Å². The molecule has 10 radical (unpaired) electrons. The second-order valence-corrected chi connectivity index (χ2v) is 6.64. The third kappa shape index (κ3) is 0.889. The molecule has 0 bridgehead atoms. The van der Waals surface area contributed by atoms with E-state index >= 15 is 0 Å². The molecule has 26 valence electrons. The van der Waals surface area contributed by atoms with Crippen LogP contribution in [0.2, 0.25) is 0 Å². The third-order valence-corrected chi connectivity index (χ3v) is 3.60. The molecule has 0 aliphatic carbocycles. The summed E-state index contributed by atoms with van der Waals surface area (Å²) in [5.41, 5.74) is 0. The SMILES string of the molecule is [Si]N1[Si]N([Si])[Si]1. The normalized spacial score (nSPS) is 27.0. The fourth-order valence-electron chi connectivity index (χ4n) is 0.200. The van der Waals surface area contributed by atoms with Crippen molar-refractivity contribution in [2.45, 2.75) is 0 Å². The average Bonchev–Trinajstić information content (AvgIpc) is 1.33. The van der Waals surface area contributed by atoms with Gasteiger partial charge >= 0.3 is 0 Å². The maximum Gasteiger partial charge on any atom is 0.221 e. The lowest BCUT2D eigenvalue weighted by Gasteiger charge is -2.33. The Morgan fingerprint density at radius 2 is 1.33 bits per heavy atom. The van der Waals surface area contributed by atoms with E-state index in [2.05, 4.69) is 28.6 Å².